The summed E-state index contributed by atoms with van der Waals surface area (Å²) in [5.41, 5.74) is 7.54. The largest absolute Gasteiger partial charge is 0.389 e. The van der Waals surface area contributed by atoms with E-state index in [1.54, 1.807) is 0 Å². The predicted octanol–water partition coefficient (Wildman–Crippen LogP) is 2.67. The molecule has 5 heteroatoms. The molecule has 1 aliphatic rings. The smallest absolute Gasteiger partial charge is 0.105 e. The summed E-state index contributed by atoms with van der Waals surface area (Å²) in [4.78, 5) is 0.407. The maximum Gasteiger partial charge on any atom is 0.105 e. The first-order chi connectivity index (χ1) is 8.16. The molecule has 1 aliphatic heterocycles. The van der Waals surface area contributed by atoms with E-state index in [1.165, 1.54) is 0 Å². The Labute approximate surface area is 115 Å². The molecule has 0 bridgehead atoms. The lowest BCUT2D eigenvalue weighted by Gasteiger charge is -2.24. The van der Waals surface area contributed by atoms with E-state index in [1.807, 2.05) is 18.2 Å². The third kappa shape index (κ3) is 3.40. The van der Waals surface area contributed by atoms with Gasteiger partial charge in [0.2, 0.25) is 0 Å². The van der Waals surface area contributed by atoms with Gasteiger partial charge in [-0.05, 0) is 47.0 Å². The van der Waals surface area contributed by atoms with E-state index in [-0.39, 0.29) is 0 Å². The Kier molecular flexibility index (Phi) is 4.36. The molecule has 3 N–H and O–H groups in total. The van der Waals surface area contributed by atoms with Crippen molar-refractivity contribution in [2.24, 2.45) is 5.73 Å². The summed E-state index contributed by atoms with van der Waals surface area (Å²) in [5, 5.41) is 3.45. The molecular weight excluding hydrogens is 300 g/mol. The molecule has 2 rings (SSSR count). The first-order valence-electron chi connectivity index (χ1n) is 5.60. The summed E-state index contributed by atoms with van der Waals surface area (Å²) in [5.74, 6) is 0. The number of rotatable bonds is 3. The highest BCUT2D eigenvalue weighted by Gasteiger charge is 2.14. The Balaban J connectivity index is 2.06. The SMILES string of the molecule is NC(=S)c1ccc(NC2CCCOC2)cc1Br. The van der Waals surface area contributed by atoms with Crippen LogP contribution in [0.25, 0.3) is 0 Å². The Bertz CT molecular complexity index is 419. The van der Waals surface area contributed by atoms with Crippen LogP contribution in [0.2, 0.25) is 0 Å². The van der Waals surface area contributed by atoms with E-state index >= 15 is 0 Å². The van der Waals surface area contributed by atoms with Crippen molar-refractivity contribution in [1.29, 1.82) is 0 Å². The molecule has 17 heavy (non-hydrogen) atoms. The minimum atomic E-state index is 0.395. The normalized spacial score (nSPS) is 19.9. The Morgan fingerprint density at radius 3 is 2.94 bits per heavy atom. The van der Waals surface area contributed by atoms with Crippen LogP contribution >= 0.6 is 28.1 Å². The molecule has 1 unspecified atom stereocenters. The third-order valence-corrected chi connectivity index (χ3v) is 3.64. The van der Waals surface area contributed by atoms with Crippen LogP contribution in [-0.2, 0) is 4.74 Å². The van der Waals surface area contributed by atoms with Crippen molar-refractivity contribution in [2.45, 2.75) is 18.9 Å². The maximum atomic E-state index is 5.61. The van der Waals surface area contributed by atoms with Crippen LogP contribution in [0.3, 0.4) is 0 Å². The zero-order chi connectivity index (χ0) is 12.3. The molecule has 0 aliphatic carbocycles. The molecule has 0 radical (unpaired) electrons. The van der Waals surface area contributed by atoms with Crippen molar-refractivity contribution in [3.8, 4) is 0 Å². The average molecular weight is 315 g/mol. The van der Waals surface area contributed by atoms with Gasteiger partial charge >= 0.3 is 0 Å². The number of nitrogens with two attached hydrogens (primary N) is 1. The van der Waals surface area contributed by atoms with E-state index in [9.17, 15) is 0 Å². The fraction of sp³-hybridized carbons (Fsp3) is 0.417. The predicted molar refractivity (Wildman–Crippen MR) is 77.5 cm³/mol. The first kappa shape index (κ1) is 12.8. The number of hydrogen-bond donors (Lipinski definition) is 2. The summed E-state index contributed by atoms with van der Waals surface area (Å²) < 4.78 is 6.35. The van der Waals surface area contributed by atoms with Gasteiger partial charge in [-0.2, -0.15) is 0 Å². The number of hydrogen-bond acceptors (Lipinski definition) is 3. The van der Waals surface area contributed by atoms with Gasteiger partial charge in [0.15, 0.2) is 0 Å². The highest BCUT2D eigenvalue weighted by atomic mass is 79.9. The van der Waals surface area contributed by atoms with Gasteiger partial charge < -0.3 is 15.8 Å². The lowest BCUT2D eigenvalue weighted by atomic mass is 10.1. The second kappa shape index (κ2) is 5.80. The molecule has 92 valence electrons. The van der Waals surface area contributed by atoms with Gasteiger partial charge in [-0.1, -0.05) is 12.2 Å². The summed E-state index contributed by atoms with van der Waals surface area (Å²) in [7, 11) is 0. The maximum absolute atomic E-state index is 5.61. The van der Waals surface area contributed by atoms with Gasteiger partial charge in [0.05, 0.1) is 6.61 Å². The molecule has 3 nitrogen and oxygen atoms in total. The van der Waals surface area contributed by atoms with E-state index in [0.29, 0.717) is 11.0 Å². The number of nitrogens with one attached hydrogen (secondary N) is 1. The van der Waals surface area contributed by atoms with Crippen molar-refractivity contribution < 1.29 is 4.74 Å². The Hall–Kier alpha value is -0.650. The molecule has 1 saturated heterocycles. The van der Waals surface area contributed by atoms with Gasteiger partial charge in [-0.25, -0.2) is 0 Å². The van der Waals surface area contributed by atoms with E-state index in [2.05, 4.69) is 21.2 Å². The molecule has 1 aromatic carbocycles. The second-order valence-corrected chi connectivity index (χ2v) is 5.41. The second-order valence-electron chi connectivity index (χ2n) is 4.12. The van der Waals surface area contributed by atoms with E-state index < -0.39 is 0 Å². The van der Waals surface area contributed by atoms with Gasteiger partial charge in [-0.3, -0.25) is 0 Å². The molecule has 1 atom stereocenters. The quantitative estimate of drug-likeness (QED) is 0.842. The molecular formula is C12H15BrN2OS. The van der Waals surface area contributed by atoms with Crippen molar-refractivity contribution in [2.75, 3.05) is 18.5 Å². The van der Waals surface area contributed by atoms with Crippen LogP contribution < -0.4 is 11.1 Å². The minimum absolute atomic E-state index is 0.395. The fourth-order valence-corrected chi connectivity index (χ4v) is 2.80. The summed E-state index contributed by atoms with van der Waals surface area (Å²) in [6.45, 7) is 1.65. The Morgan fingerprint density at radius 2 is 2.35 bits per heavy atom. The fourth-order valence-electron chi connectivity index (χ4n) is 1.89. The molecule has 0 aromatic heterocycles. The Morgan fingerprint density at radius 1 is 1.53 bits per heavy atom. The number of ether oxygens (including phenoxy) is 1. The van der Waals surface area contributed by atoms with Gasteiger partial charge in [-0.15, -0.1) is 0 Å². The van der Waals surface area contributed by atoms with Gasteiger partial charge in [0, 0.05) is 28.4 Å². The molecule has 1 aromatic rings. The van der Waals surface area contributed by atoms with Crippen LogP contribution in [0, 0.1) is 0 Å². The molecule has 1 heterocycles. The molecule has 0 saturated carbocycles. The molecule has 0 spiro atoms. The third-order valence-electron chi connectivity index (χ3n) is 2.77. The monoisotopic (exact) mass is 314 g/mol. The highest BCUT2D eigenvalue weighted by Crippen LogP contribution is 2.23. The van der Waals surface area contributed by atoms with Crippen molar-refractivity contribution >= 4 is 38.8 Å². The molecule has 0 amide bonds. The topological polar surface area (TPSA) is 47.3 Å². The van der Waals surface area contributed by atoms with Crippen LogP contribution in [0.5, 0.6) is 0 Å². The lowest BCUT2D eigenvalue weighted by molar-refractivity contribution is 0.0876. The van der Waals surface area contributed by atoms with Crippen molar-refractivity contribution in [3.05, 3.63) is 28.2 Å². The zero-order valence-corrected chi connectivity index (χ0v) is 11.8. The lowest BCUT2D eigenvalue weighted by Crippen LogP contribution is -2.29. The van der Waals surface area contributed by atoms with Crippen LogP contribution in [0.15, 0.2) is 22.7 Å². The number of halogens is 1. The number of anilines is 1. The zero-order valence-electron chi connectivity index (χ0n) is 9.41. The molecule has 1 fully saturated rings. The standard InChI is InChI=1S/C12H15BrN2OS/c13-11-6-8(3-4-10(11)12(14)17)15-9-2-1-5-16-7-9/h3-4,6,9,15H,1-2,5,7H2,(H2,14,17). The highest BCUT2D eigenvalue weighted by molar-refractivity contribution is 9.10. The average Bonchev–Trinajstić information content (AvgIpc) is 2.30. The van der Waals surface area contributed by atoms with Crippen LogP contribution in [-0.4, -0.2) is 24.2 Å². The van der Waals surface area contributed by atoms with Gasteiger partial charge in [0.1, 0.15) is 4.99 Å². The minimum Gasteiger partial charge on any atom is -0.389 e. The first-order valence-corrected chi connectivity index (χ1v) is 6.80. The van der Waals surface area contributed by atoms with Crippen LogP contribution in [0.1, 0.15) is 18.4 Å². The van der Waals surface area contributed by atoms with Crippen molar-refractivity contribution in [3.63, 3.8) is 0 Å². The summed E-state index contributed by atoms with van der Waals surface area (Å²) >= 11 is 8.44. The van der Waals surface area contributed by atoms with E-state index in [4.69, 9.17) is 22.7 Å². The summed E-state index contributed by atoms with van der Waals surface area (Å²) in [6.07, 6.45) is 2.26. The number of thiocarbonyl (C=S) groups is 1. The van der Waals surface area contributed by atoms with Crippen LogP contribution in [0.4, 0.5) is 5.69 Å². The number of benzene rings is 1. The van der Waals surface area contributed by atoms with E-state index in [0.717, 1.165) is 41.8 Å². The van der Waals surface area contributed by atoms with Gasteiger partial charge in [0.25, 0.3) is 0 Å². The summed E-state index contributed by atoms with van der Waals surface area (Å²) in [6, 6.07) is 6.32. The van der Waals surface area contributed by atoms with Crippen molar-refractivity contribution in [1.82, 2.24) is 0 Å².